The van der Waals surface area contributed by atoms with Gasteiger partial charge in [-0.3, -0.25) is 0 Å². The van der Waals surface area contributed by atoms with Gasteiger partial charge in [-0.1, -0.05) is 50.6 Å². The molecule has 2 aromatic rings. The summed E-state index contributed by atoms with van der Waals surface area (Å²) >= 11 is 0. The van der Waals surface area contributed by atoms with Crippen molar-refractivity contribution in [2.75, 3.05) is 19.6 Å². The highest BCUT2D eigenvalue weighted by atomic mass is 31.0. The highest BCUT2D eigenvalue weighted by Gasteiger charge is 2.15. The largest absolute Gasteiger partial charge is 0.303 e. The fourth-order valence-corrected chi connectivity index (χ4v) is 3.92. The van der Waals surface area contributed by atoms with Gasteiger partial charge in [0.25, 0.3) is 0 Å². The first kappa shape index (κ1) is 22.1. The van der Waals surface area contributed by atoms with Crippen LogP contribution < -0.4 is 5.30 Å². The molecule has 3 heteroatoms. The second-order valence-electron chi connectivity index (χ2n) is 7.79. The molecule has 1 heterocycles. The summed E-state index contributed by atoms with van der Waals surface area (Å²) in [6.45, 7) is 10.2. The number of hydrogen-bond acceptors (Lipinski definition) is 1. The Morgan fingerprint density at radius 1 is 1.04 bits per heavy atom. The molecule has 3 rings (SSSR count). The molecule has 0 bridgehead atoms. The van der Waals surface area contributed by atoms with E-state index in [1.54, 1.807) is 12.1 Å². The first-order valence-electron chi connectivity index (χ1n) is 10.3. The van der Waals surface area contributed by atoms with Gasteiger partial charge in [-0.25, -0.2) is 4.39 Å². The Bertz CT molecular complexity index is 693. The van der Waals surface area contributed by atoms with Crippen molar-refractivity contribution in [3.63, 3.8) is 0 Å². The van der Waals surface area contributed by atoms with Gasteiger partial charge >= 0.3 is 0 Å². The van der Waals surface area contributed by atoms with Crippen LogP contribution in [-0.2, 0) is 12.8 Å². The molecule has 0 saturated carbocycles. The zero-order valence-electron chi connectivity index (χ0n) is 17.2. The molecule has 0 radical (unpaired) electrons. The third kappa shape index (κ3) is 7.72. The smallest absolute Gasteiger partial charge is 0.123 e. The molecule has 0 amide bonds. The summed E-state index contributed by atoms with van der Waals surface area (Å²) in [5.41, 5.74) is 4.16. The summed E-state index contributed by atoms with van der Waals surface area (Å²) in [4.78, 5) is 2.52. The highest BCUT2D eigenvalue weighted by molar-refractivity contribution is 7.27. The average Bonchev–Trinajstić information content (AvgIpc) is 2.65. The normalized spacial score (nSPS) is 15.3. The third-order valence-corrected chi connectivity index (χ3v) is 6.00. The monoisotopic (exact) mass is 387 g/mol. The Hall–Kier alpha value is -1.24. The van der Waals surface area contributed by atoms with Crippen LogP contribution in [0.25, 0.3) is 0 Å². The maximum absolute atomic E-state index is 13.0. The van der Waals surface area contributed by atoms with Crippen LogP contribution in [0.4, 0.5) is 4.39 Å². The summed E-state index contributed by atoms with van der Waals surface area (Å²) in [5, 5.41) is 0.996. The van der Waals surface area contributed by atoms with Gasteiger partial charge in [-0.2, -0.15) is 0 Å². The van der Waals surface area contributed by atoms with Crippen LogP contribution in [0.3, 0.4) is 0 Å². The molecule has 1 nitrogen and oxygen atoms in total. The van der Waals surface area contributed by atoms with Gasteiger partial charge in [-0.15, -0.1) is 9.24 Å². The maximum atomic E-state index is 13.0. The number of hydrogen-bond donors (Lipinski definition) is 0. The van der Waals surface area contributed by atoms with E-state index in [4.69, 9.17) is 0 Å². The molecule has 1 unspecified atom stereocenters. The fraction of sp³-hybridized carbons (Fsp3) is 0.500. The Morgan fingerprint density at radius 3 is 2.37 bits per heavy atom. The van der Waals surface area contributed by atoms with Crippen molar-refractivity contribution < 1.29 is 4.39 Å². The zero-order chi connectivity index (χ0) is 19.6. The van der Waals surface area contributed by atoms with Gasteiger partial charge in [0.2, 0.25) is 0 Å². The number of piperidine rings is 1. The molecular formula is C24H35FNP. The Balaban J connectivity index is 0.000000223. The van der Waals surface area contributed by atoms with E-state index >= 15 is 0 Å². The third-order valence-electron chi connectivity index (χ3n) is 5.46. The molecule has 1 atom stereocenters. The number of halogens is 1. The second kappa shape index (κ2) is 11.6. The summed E-state index contributed by atoms with van der Waals surface area (Å²) in [5.74, 6) is 0.736. The lowest BCUT2D eigenvalue weighted by Crippen LogP contribution is -2.34. The van der Waals surface area contributed by atoms with Crippen molar-refractivity contribution in [2.45, 2.75) is 52.9 Å². The van der Waals surface area contributed by atoms with E-state index in [0.29, 0.717) is 0 Å². The summed E-state index contributed by atoms with van der Waals surface area (Å²) in [6, 6.07) is 13.6. The van der Waals surface area contributed by atoms with Gasteiger partial charge in [0.1, 0.15) is 5.82 Å². The van der Waals surface area contributed by atoms with Crippen molar-refractivity contribution in [1.29, 1.82) is 0 Å². The maximum Gasteiger partial charge on any atom is 0.123 e. The molecule has 1 saturated heterocycles. The van der Waals surface area contributed by atoms with E-state index in [-0.39, 0.29) is 5.82 Å². The van der Waals surface area contributed by atoms with Crippen molar-refractivity contribution in [3.8, 4) is 0 Å². The number of rotatable bonds is 5. The van der Waals surface area contributed by atoms with Crippen LogP contribution in [0.1, 0.15) is 49.8 Å². The molecule has 0 aromatic heterocycles. The molecule has 1 fully saturated rings. The molecule has 1 aliphatic heterocycles. The van der Waals surface area contributed by atoms with Gasteiger partial charge in [0, 0.05) is 6.54 Å². The van der Waals surface area contributed by atoms with E-state index in [9.17, 15) is 4.39 Å². The quantitative estimate of drug-likeness (QED) is 0.608. The van der Waals surface area contributed by atoms with Crippen LogP contribution in [0.15, 0.2) is 42.5 Å². The first-order valence-corrected chi connectivity index (χ1v) is 10.9. The number of aryl methyl sites for hydroxylation is 2. The molecule has 0 aliphatic carbocycles. The lowest BCUT2D eigenvalue weighted by atomic mass is 9.99. The van der Waals surface area contributed by atoms with Crippen molar-refractivity contribution in [2.24, 2.45) is 5.92 Å². The van der Waals surface area contributed by atoms with Crippen LogP contribution in [0.2, 0.25) is 0 Å². The molecule has 2 aromatic carbocycles. The Morgan fingerprint density at radius 2 is 1.74 bits per heavy atom. The molecular weight excluding hydrogens is 352 g/mol. The minimum absolute atomic E-state index is 0.148. The number of benzene rings is 2. The lowest BCUT2D eigenvalue weighted by molar-refractivity contribution is 0.194. The lowest BCUT2D eigenvalue weighted by Gasteiger charge is -2.30. The van der Waals surface area contributed by atoms with Crippen LogP contribution in [0.5, 0.6) is 0 Å². The first-order chi connectivity index (χ1) is 13.0. The van der Waals surface area contributed by atoms with Gasteiger partial charge in [0.05, 0.1) is 0 Å². The number of likely N-dealkylation sites (tertiary alicyclic amines) is 1. The second-order valence-corrected chi connectivity index (χ2v) is 8.42. The van der Waals surface area contributed by atoms with E-state index in [1.165, 1.54) is 55.5 Å². The predicted octanol–water partition coefficient (Wildman–Crippen LogP) is 5.55. The molecule has 148 valence electrons. The van der Waals surface area contributed by atoms with Crippen LogP contribution in [-0.4, -0.2) is 24.5 Å². The van der Waals surface area contributed by atoms with Crippen molar-refractivity contribution in [3.05, 3.63) is 65.0 Å². The molecule has 0 N–H and O–H groups in total. The van der Waals surface area contributed by atoms with Crippen LogP contribution in [0, 0.1) is 18.7 Å². The van der Waals surface area contributed by atoms with Crippen molar-refractivity contribution in [1.82, 2.24) is 4.90 Å². The van der Waals surface area contributed by atoms with Gasteiger partial charge in [-0.05, 0) is 85.7 Å². The molecule has 1 aliphatic rings. The van der Waals surface area contributed by atoms with Gasteiger partial charge in [0.15, 0.2) is 0 Å². The standard InChI is InChI=1S/C14H21FNP.C10H14/c1-11-4-7-16(8-5-11)9-6-12-2-3-13(15)10-14(12)17;1-3-6-10-8-5-4-7-9(10)2/h2-3,10-11H,4-9,17H2,1H3;4-5,7-8H,3,6H2,1-2H3. The molecule has 0 spiro atoms. The Kier molecular flexibility index (Phi) is 9.45. The minimum Gasteiger partial charge on any atom is -0.303 e. The van der Waals surface area contributed by atoms with E-state index in [1.807, 2.05) is 6.07 Å². The Labute approximate surface area is 167 Å². The van der Waals surface area contributed by atoms with E-state index < -0.39 is 0 Å². The summed E-state index contributed by atoms with van der Waals surface area (Å²) in [6.07, 6.45) is 6.11. The zero-order valence-corrected chi connectivity index (χ0v) is 18.3. The predicted molar refractivity (Wildman–Crippen MR) is 119 cm³/mol. The van der Waals surface area contributed by atoms with Crippen LogP contribution >= 0.6 is 9.24 Å². The minimum atomic E-state index is -0.148. The van der Waals surface area contributed by atoms with Crippen molar-refractivity contribution >= 4 is 14.5 Å². The average molecular weight is 388 g/mol. The summed E-state index contributed by atoms with van der Waals surface area (Å²) in [7, 11) is 2.63. The summed E-state index contributed by atoms with van der Waals surface area (Å²) < 4.78 is 13.0. The topological polar surface area (TPSA) is 3.24 Å². The van der Waals surface area contributed by atoms with E-state index in [2.05, 4.69) is 59.2 Å². The number of nitrogens with zero attached hydrogens (tertiary/aromatic N) is 1. The fourth-order valence-electron chi connectivity index (χ4n) is 3.52. The highest BCUT2D eigenvalue weighted by Crippen LogP contribution is 2.16. The SMILES string of the molecule is CC1CCN(CCc2ccc(F)cc2P)CC1.CCCc1ccccc1C. The van der Waals surface area contributed by atoms with Gasteiger partial charge < -0.3 is 4.90 Å². The molecule has 27 heavy (non-hydrogen) atoms. The van der Waals surface area contributed by atoms with E-state index in [0.717, 1.165) is 24.2 Å².